The highest BCUT2D eigenvalue weighted by molar-refractivity contribution is 5.79. The first kappa shape index (κ1) is 18.5. The number of ether oxygens (including phenoxy) is 1. The fourth-order valence-corrected chi connectivity index (χ4v) is 2.24. The van der Waals surface area contributed by atoms with Gasteiger partial charge < -0.3 is 15.4 Å². The molecule has 0 bridgehead atoms. The van der Waals surface area contributed by atoms with Gasteiger partial charge >= 0.3 is 0 Å². The van der Waals surface area contributed by atoms with Crippen LogP contribution in [0, 0.1) is 0 Å². The Morgan fingerprint density at radius 3 is 2.41 bits per heavy atom. The fraction of sp³-hybridized carbons (Fsp3) is 0.611. The summed E-state index contributed by atoms with van der Waals surface area (Å²) in [5.74, 6) is 0.842. The van der Waals surface area contributed by atoms with E-state index in [1.807, 2.05) is 0 Å². The molecule has 1 aromatic carbocycles. The summed E-state index contributed by atoms with van der Waals surface area (Å²) in [7, 11) is 3.52. The maximum absolute atomic E-state index is 5.05. The molecule has 4 heteroatoms. The Morgan fingerprint density at radius 1 is 1.18 bits per heavy atom. The standard InChI is InChI=1S/C18H31N3O/c1-6-15-8-10-16(11-9-15)18(2,3)14-21-17(19-4)20-12-7-13-22-5/h8-11H,6-7,12-14H2,1-5H3,(H2,19,20,21). The molecule has 0 aliphatic heterocycles. The van der Waals surface area contributed by atoms with Gasteiger partial charge in [0.2, 0.25) is 0 Å². The van der Waals surface area contributed by atoms with Gasteiger partial charge in [-0.2, -0.15) is 0 Å². The van der Waals surface area contributed by atoms with Crippen LogP contribution in [0.2, 0.25) is 0 Å². The second kappa shape index (κ2) is 9.46. The molecule has 0 heterocycles. The van der Waals surface area contributed by atoms with Gasteiger partial charge in [-0.25, -0.2) is 0 Å². The highest BCUT2D eigenvalue weighted by atomic mass is 16.5. The Labute approximate surface area is 135 Å². The predicted octanol–water partition coefficient (Wildman–Crippen LogP) is 2.73. The van der Waals surface area contributed by atoms with Crippen molar-refractivity contribution < 1.29 is 4.74 Å². The molecule has 2 N–H and O–H groups in total. The molecular weight excluding hydrogens is 274 g/mol. The number of aliphatic imine (C=N–C) groups is 1. The Kier molecular flexibility index (Phi) is 7.96. The number of rotatable bonds is 8. The van der Waals surface area contributed by atoms with E-state index < -0.39 is 0 Å². The quantitative estimate of drug-likeness (QED) is 0.441. The lowest BCUT2D eigenvalue weighted by Gasteiger charge is -2.27. The van der Waals surface area contributed by atoms with Crippen molar-refractivity contribution in [2.24, 2.45) is 4.99 Å². The van der Waals surface area contributed by atoms with Crippen LogP contribution in [0.25, 0.3) is 0 Å². The van der Waals surface area contributed by atoms with Crippen molar-refractivity contribution in [2.75, 3.05) is 33.9 Å². The van der Waals surface area contributed by atoms with Crippen LogP contribution in [0.3, 0.4) is 0 Å². The first-order valence-electron chi connectivity index (χ1n) is 8.06. The van der Waals surface area contributed by atoms with Crippen molar-refractivity contribution in [2.45, 2.75) is 39.0 Å². The predicted molar refractivity (Wildman–Crippen MR) is 94.7 cm³/mol. The minimum absolute atomic E-state index is 0.0520. The highest BCUT2D eigenvalue weighted by Gasteiger charge is 2.20. The molecule has 0 spiro atoms. The van der Waals surface area contributed by atoms with E-state index in [-0.39, 0.29) is 5.41 Å². The van der Waals surface area contributed by atoms with Crippen LogP contribution in [0.4, 0.5) is 0 Å². The molecule has 0 amide bonds. The number of aryl methyl sites for hydroxylation is 1. The molecule has 0 saturated carbocycles. The summed E-state index contributed by atoms with van der Waals surface area (Å²) in [6.07, 6.45) is 2.05. The van der Waals surface area contributed by atoms with Crippen molar-refractivity contribution >= 4 is 5.96 Å². The van der Waals surface area contributed by atoms with E-state index >= 15 is 0 Å². The largest absolute Gasteiger partial charge is 0.385 e. The van der Waals surface area contributed by atoms with Gasteiger partial charge in [0.25, 0.3) is 0 Å². The van der Waals surface area contributed by atoms with Crippen LogP contribution in [-0.2, 0) is 16.6 Å². The first-order chi connectivity index (χ1) is 10.5. The molecule has 0 fully saturated rings. The summed E-state index contributed by atoms with van der Waals surface area (Å²) in [5, 5.41) is 6.72. The lowest BCUT2D eigenvalue weighted by atomic mass is 9.84. The van der Waals surface area contributed by atoms with E-state index in [0.717, 1.165) is 38.5 Å². The number of nitrogens with one attached hydrogen (secondary N) is 2. The number of guanidine groups is 1. The van der Waals surface area contributed by atoms with Gasteiger partial charge in [0, 0.05) is 39.3 Å². The number of hydrogen-bond donors (Lipinski definition) is 2. The van der Waals surface area contributed by atoms with Gasteiger partial charge in [-0.1, -0.05) is 45.0 Å². The molecule has 0 saturated heterocycles. The van der Waals surface area contributed by atoms with Gasteiger partial charge in [-0.05, 0) is 24.0 Å². The van der Waals surface area contributed by atoms with Crippen LogP contribution in [0.15, 0.2) is 29.3 Å². The van der Waals surface area contributed by atoms with E-state index in [1.165, 1.54) is 11.1 Å². The molecular formula is C18H31N3O. The Balaban J connectivity index is 2.51. The minimum atomic E-state index is 0.0520. The minimum Gasteiger partial charge on any atom is -0.385 e. The van der Waals surface area contributed by atoms with Crippen LogP contribution >= 0.6 is 0 Å². The van der Waals surface area contributed by atoms with Crippen molar-refractivity contribution in [1.82, 2.24) is 10.6 Å². The van der Waals surface area contributed by atoms with E-state index in [2.05, 4.69) is 60.7 Å². The number of hydrogen-bond acceptors (Lipinski definition) is 2. The Hall–Kier alpha value is -1.55. The maximum Gasteiger partial charge on any atom is 0.191 e. The van der Waals surface area contributed by atoms with Crippen molar-refractivity contribution in [3.8, 4) is 0 Å². The van der Waals surface area contributed by atoms with Crippen LogP contribution in [-0.4, -0.2) is 39.8 Å². The number of nitrogens with zero attached hydrogens (tertiary/aromatic N) is 1. The molecule has 0 unspecified atom stereocenters. The summed E-state index contributed by atoms with van der Waals surface area (Å²) in [6, 6.07) is 8.90. The smallest absolute Gasteiger partial charge is 0.191 e. The van der Waals surface area contributed by atoms with Crippen molar-refractivity contribution in [3.63, 3.8) is 0 Å². The first-order valence-corrected chi connectivity index (χ1v) is 8.06. The van der Waals surface area contributed by atoms with Crippen LogP contribution in [0.5, 0.6) is 0 Å². The summed E-state index contributed by atoms with van der Waals surface area (Å²) >= 11 is 0. The monoisotopic (exact) mass is 305 g/mol. The van der Waals surface area contributed by atoms with E-state index in [4.69, 9.17) is 4.74 Å². The fourth-order valence-electron chi connectivity index (χ4n) is 2.24. The molecule has 0 radical (unpaired) electrons. The summed E-state index contributed by atoms with van der Waals surface area (Å²) < 4.78 is 5.05. The Bertz CT molecular complexity index is 452. The van der Waals surface area contributed by atoms with Crippen molar-refractivity contribution in [1.29, 1.82) is 0 Å². The molecule has 0 aromatic heterocycles. The summed E-state index contributed by atoms with van der Waals surface area (Å²) in [6.45, 7) is 9.14. The lowest BCUT2D eigenvalue weighted by Crippen LogP contribution is -2.43. The third-order valence-corrected chi connectivity index (χ3v) is 3.88. The summed E-state index contributed by atoms with van der Waals surface area (Å²) in [5.41, 5.74) is 2.77. The zero-order valence-corrected chi connectivity index (χ0v) is 14.7. The lowest BCUT2D eigenvalue weighted by molar-refractivity contribution is 0.195. The van der Waals surface area contributed by atoms with E-state index in [1.54, 1.807) is 14.2 Å². The molecule has 0 aliphatic rings. The second-order valence-corrected chi connectivity index (χ2v) is 6.13. The topological polar surface area (TPSA) is 45.7 Å². The average molecular weight is 305 g/mol. The molecule has 4 nitrogen and oxygen atoms in total. The third kappa shape index (κ3) is 6.06. The number of benzene rings is 1. The normalized spacial score (nSPS) is 12.3. The van der Waals surface area contributed by atoms with Gasteiger partial charge in [-0.3, -0.25) is 4.99 Å². The molecule has 0 aliphatic carbocycles. The third-order valence-electron chi connectivity index (χ3n) is 3.88. The summed E-state index contributed by atoms with van der Waals surface area (Å²) in [4.78, 5) is 4.26. The van der Waals surface area contributed by atoms with Crippen LogP contribution < -0.4 is 10.6 Å². The molecule has 1 aromatic rings. The van der Waals surface area contributed by atoms with Crippen molar-refractivity contribution in [3.05, 3.63) is 35.4 Å². The van der Waals surface area contributed by atoms with E-state index in [0.29, 0.717) is 0 Å². The Morgan fingerprint density at radius 2 is 1.86 bits per heavy atom. The average Bonchev–Trinajstić information content (AvgIpc) is 2.54. The second-order valence-electron chi connectivity index (χ2n) is 6.13. The number of methoxy groups -OCH3 is 1. The zero-order chi connectivity index (χ0) is 16.4. The highest BCUT2D eigenvalue weighted by Crippen LogP contribution is 2.22. The maximum atomic E-state index is 5.05. The van der Waals surface area contributed by atoms with Gasteiger partial charge in [0.1, 0.15) is 0 Å². The molecule has 1 rings (SSSR count). The molecule has 0 atom stereocenters. The molecule has 124 valence electrons. The SMILES string of the molecule is CCc1ccc(C(C)(C)CNC(=NC)NCCCOC)cc1. The van der Waals surface area contributed by atoms with Gasteiger partial charge in [0.15, 0.2) is 5.96 Å². The van der Waals surface area contributed by atoms with Crippen LogP contribution in [0.1, 0.15) is 38.3 Å². The molecule has 22 heavy (non-hydrogen) atoms. The van der Waals surface area contributed by atoms with Gasteiger partial charge in [0.05, 0.1) is 0 Å². The van der Waals surface area contributed by atoms with E-state index in [9.17, 15) is 0 Å². The zero-order valence-electron chi connectivity index (χ0n) is 14.7. The van der Waals surface area contributed by atoms with Gasteiger partial charge in [-0.15, -0.1) is 0 Å².